The van der Waals surface area contributed by atoms with Crippen LogP contribution in [0.3, 0.4) is 0 Å². The monoisotopic (exact) mass is 501 g/mol. The Kier molecular flexibility index (Phi) is 7.57. The maximum atomic E-state index is 12.4. The Morgan fingerprint density at radius 3 is 2.63 bits per heavy atom. The predicted molar refractivity (Wildman–Crippen MR) is 129 cm³/mol. The van der Waals surface area contributed by atoms with Gasteiger partial charge in [-0.05, 0) is 79.3 Å². The largest absolute Gasteiger partial charge is 0.422 e. The van der Waals surface area contributed by atoms with E-state index in [4.69, 9.17) is 28.6 Å². The Morgan fingerprint density at radius 1 is 1.13 bits per heavy atom. The minimum absolute atomic E-state index is 0.339. The van der Waals surface area contributed by atoms with Crippen molar-refractivity contribution < 1.29 is 9.53 Å². The van der Waals surface area contributed by atoms with Crippen molar-refractivity contribution in [1.82, 2.24) is 5.43 Å². The molecule has 5 nitrogen and oxygen atoms in total. The highest BCUT2D eigenvalue weighted by molar-refractivity contribution is 9.10. The lowest BCUT2D eigenvalue weighted by atomic mass is 10.2. The molecule has 0 heterocycles. The van der Waals surface area contributed by atoms with Gasteiger partial charge in [-0.25, -0.2) is 4.79 Å². The number of nitrogens with zero attached hydrogens (tertiary/aromatic N) is 1. The van der Waals surface area contributed by atoms with E-state index in [1.165, 1.54) is 6.21 Å². The van der Waals surface area contributed by atoms with Crippen LogP contribution in [0.5, 0.6) is 5.75 Å². The summed E-state index contributed by atoms with van der Waals surface area (Å²) >= 11 is 14.5. The van der Waals surface area contributed by atoms with Gasteiger partial charge < -0.3 is 10.1 Å². The molecule has 3 aromatic carbocycles. The lowest BCUT2D eigenvalue weighted by Crippen LogP contribution is -2.23. The molecule has 0 bridgehead atoms. The number of hydrogen-bond acceptors (Lipinski definition) is 4. The fourth-order valence-electron chi connectivity index (χ4n) is 2.50. The van der Waals surface area contributed by atoms with Crippen LogP contribution in [0.2, 0.25) is 5.02 Å². The smallest absolute Gasteiger partial charge is 0.343 e. The number of thiocarbonyl (C=S) groups is 1. The topological polar surface area (TPSA) is 62.7 Å². The molecule has 0 aliphatic carbocycles. The molecule has 0 aromatic heterocycles. The molecule has 0 fully saturated rings. The number of aryl methyl sites for hydroxylation is 1. The van der Waals surface area contributed by atoms with E-state index >= 15 is 0 Å². The van der Waals surface area contributed by atoms with Gasteiger partial charge in [-0.3, -0.25) is 5.43 Å². The molecule has 0 radical (unpaired) electrons. The predicted octanol–water partition coefficient (Wildman–Crippen LogP) is 5.95. The maximum Gasteiger partial charge on any atom is 0.343 e. The van der Waals surface area contributed by atoms with Crippen LogP contribution < -0.4 is 15.5 Å². The number of nitrogens with one attached hydrogen (secondary N) is 2. The average Bonchev–Trinajstić information content (AvgIpc) is 2.70. The Morgan fingerprint density at radius 2 is 1.90 bits per heavy atom. The van der Waals surface area contributed by atoms with Crippen LogP contribution >= 0.6 is 39.7 Å². The van der Waals surface area contributed by atoms with Gasteiger partial charge in [0.25, 0.3) is 0 Å². The summed E-state index contributed by atoms with van der Waals surface area (Å²) < 4.78 is 6.34. The summed E-state index contributed by atoms with van der Waals surface area (Å²) in [6, 6.07) is 19.5. The Hall–Kier alpha value is -2.74. The SMILES string of the molecule is Cc1cccc(NC(=S)NN=Cc2cc(Br)ccc2OC(=O)c2ccc(Cl)cc2)c1. The second-order valence-electron chi connectivity index (χ2n) is 6.27. The number of hydrazone groups is 1. The minimum atomic E-state index is -0.492. The number of esters is 1. The number of benzene rings is 3. The highest BCUT2D eigenvalue weighted by Crippen LogP contribution is 2.23. The second kappa shape index (κ2) is 10.3. The molecule has 0 unspecified atom stereocenters. The molecule has 0 aliphatic rings. The second-order valence-corrected chi connectivity index (χ2v) is 8.03. The number of ether oxygens (including phenoxy) is 1. The third kappa shape index (κ3) is 6.38. The van der Waals surface area contributed by atoms with Gasteiger partial charge in [0.15, 0.2) is 5.11 Å². The van der Waals surface area contributed by atoms with Crippen molar-refractivity contribution in [3.8, 4) is 5.75 Å². The Labute approximate surface area is 193 Å². The van der Waals surface area contributed by atoms with Crippen LogP contribution in [0.1, 0.15) is 21.5 Å². The van der Waals surface area contributed by atoms with Crippen molar-refractivity contribution in [3.63, 3.8) is 0 Å². The van der Waals surface area contributed by atoms with Gasteiger partial charge in [-0.15, -0.1) is 0 Å². The molecule has 0 saturated carbocycles. The maximum absolute atomic E-state index is 12.4. The van der Waals surface area contributed by atoms with E-state index in [-0.39, 0.29) is 0 Å². The summed E-state index contributed by atoms with van der Waals surface area (Å²) in [6.45, 7) is 2.00. The first-order chi connectivity index (χ1) is 14.4. The van der Waals surface area contributed by atoms with Gasteiger partial charge in [-0.2, -0.15) is 5.10 Å². The quantitative estimate of drug-likeness (QED) is 0.148. The molecular weight excluding hydrogens is 486 g/mol. The normalized spacial score (nSPS) is 10.6. The third-order valence-electron chi connectivity index (χ3n) is 3.90. The van der Waals surface area contributed by atoms with E-state index in [2.05, 4.69) is 31.8 Å². The van der Waals surface area contributed by atoms with Crippen LogP contribution in [0.25, 0.3) is 0 Å². The average molecular weight is 503 g/mol. The number of halogens is 2. The summed E-state index contributed by atoms with van der Waals surface area (Å²) in [5, 5.41) is 8.08. The first kappa shape index (κ1) is 22.0. The van der Waals surface area contributed by atoms with Crippen molar-refractivity contribution in [3.05, 3.63) is 92.9 Å². The molecule has 3 rings (SSSR count). The van der Waals surface area contributed by atoms with Crippen molar-refractivity contribution in [1.29, 1.82) is 0 Å². The Balaban J connectivity index is 1.67. The standard InChI is InChI=1S/C22H17BrClN3O2S/c1-14-3-2-4-19(11-14)26-22(30)27-25-13-16-12-17(23)7-10-20(16)29-21(28)15-5-8-18(24)9-6-15/h2-13H,1H3,(H2,26,27,30). The molecule has 0 atom stereocenters. The van der Waals surface area contributed by atoms with Crippen LogP contribution in [0.15, 0.2) is 76.3 Å². The lowest BCUT2D eigenvalue weighted by Gasteiger charge is -2.09. The van der Waals surface area contributed by atoms with Gasteiger partial charge >= 0.3 is 5.97 Å². The molecule has 30 heavy (non-hydrogen) atoms. The van der Waals surface area contributed by atoms with E-state index in [0.717, 1.165) is 15.7 Å². The molecular formula is C22H17BrClN3O2S. The number of carbonyl (C=O) groups is 1. The van der Waals surface area contributed by atoms with Crippen LogP contribution in [0.4, 0.5) is 5.69 Å². The van der Waals surface area contributed by atoms with E-state index in [0.29, 0.717) is 27.0 Å². The molecule has 0 saturated heterocycles. The summed E-state index contributed by atoms with van der Waals surface area (Å²) in [5.41, 5.74) is 5.73. The summed E-state index contributed by atoms with van der Waals surface area (Å²) in [6.07, 6.45) is 1.53. The zero-order chi connectivity index (χ0) is 21.5. The summed E-state index contributed by atoms with van der Waals surface area (Å²) in [4.78, 5) is 12.4. The molecule has 0 spiro atoms. The number of anilines is 1. The highest BCUT2D eigenvalue weighted by atomic mass is 79.9. The lowest BCUT2D eigenvalue weighted by molar-refractivity contribution is 0.0734. The van der Waals surface area contributed by atoms with Gasteiger partial charge in [-0.1, -0.05) is 39.7 Å². The van der Waals surface area contributed by atoms with Gasteiger partial charge in [0.2, 0.25) is 0 Å². The summed E-state index contributed by atoms with van der Waals surface area (Å²) in [5.74, 6) is -0.130. The first-order valence-electron chi connectivity index (χ1n) is 8.85. The molecule has 2 N–H and O–H groups in total. The van der Waals surface area contributed by atoms with Crippen molar-refractivity contribution in [2.45, 2.75) is 6.92 Å². The fraction of sp³-hybridized carbons (Fsp3) is 0.0455. The molecule has 8 heteroatoms. The van der Waals surface area contributed by atoms with Gasteiger partial charge in [0.1, 0.15) is 5.75 Å². The van der Waals surface area contributed by atoms with Gasteiger partial charge in [0.05, 0.1) is 11.8 Å². The fourth-order valence-corrected chi connectivity index (χ4v) is 3.18. The Bertz CT molecular complexity index is 1100. The number of hydrogen-bond donors (Lipinski definition) is 2. The van der Waals surface area contributed by atoms with Crippen LogP contribution in [0, 0.1) is 6.92 Å². The molecule has 152 valence electrons. The van der Waals surface area contributed by atoms with Crippen LogP contribution in [-0.4, -0.2) is 17.3 Å². The third-order valence-corrected chi connectivity index (χ3v) is 4.84. The van der Waals surface area contributed by atoms with Crippen molar-refractivity contribution >= 4 is 62.7 Å². The van der Waals surface area contributed by atoms with Crippen molar-refractivity contribution in [2.24, 2.45) is 5.10 Å². The van der Waals surface area contributed by atoms with E-state index in [1.54, 1.807) is 42.5 Å². The molecule has 0 aliphatic heterocycles. The van der Waals surface area contributed by atoms with E-state index < -0.39 is 5.97 Å². The van der Waals surface area contributed by atoms with Crippen LogP contribution in [-0.2, 0) is 0 Å². The summed E-state index contributed by atoms with van der Waals surface area (Å²) in [7, 11) is 0. The minimum Gasteiger partial charge on any atom is -0.422 e. The number of rotatable bonds is 5. The van der Waals surface area contributed by atoms with Gasteiger partial charge in [0, 0.05) is 20.7 Å². The van der Waals surface area contributed by atoms with Crippen molar-refractivity contribution in [2.75, 3.05) is 5.32 Å². The zero-order valence-corrected chi connectivity index (χ0v) is 19.0. The highest BCUT2D eigenvalue weighted by Gasteiger charge is 2.11. The molecule has 0 amide bonds. The van der Waals surface area contributed by atoms with E-state index in [1.807, 2.05) is 31.2 Å². The first-order valence-corrected chi connectivity index (χ1v) is 10.4. The van der Waals surface area contributed by atoms with E-state index in [9.17, 15) is 4.79 Å². The molecule has 3 aromatic rings. The zero-order valence-electron chi connectivity index (χ0n) is 15.9. The number of carbonyl (C=O) groups excluding carboxylic acids is 1.